The van der Waals surface area contributed by atoms with Gasteiger partial charge < -0.3 is 5.11 Å². The van der Waals surface area contributed by atoms with Crippen LogP contribution in [0.2, 0.25) is 0 Å². The van der Waals surface area contributed by atoms with E-state index in [1.54, 1.807) is 30.3 Å². The van der Waals surface area contributed by atoms with Crippen molar-refractivity contribution in [3.05, 3.63) is 59.4 Å². The van der Waals surface area contributed by atoms with Crippen LogP contribution < -0.4 is 5.43 Å². The molecule has 0 saturated carbocycles. The average molecular weight is 255 g/mol. The molecular formula is C14H13N3O2. The minimum absolute atomic E-state index is 0.121. The van der Waals surface area contributed by atoms with Crippen molar-refractivity contribution in [1.29, 1.82) is 0 Å². The van der Waals surface area contributed by atoms with E-state index in [1.165, 1.54) is 12.4 Å². The third-order valence-corrected chi connectivity index (χ3v) is 2.45. The normalized spacial score (nSPS) is 10.6. The number of carbonyl (C=O) groups is 1. The number of nitrogens with zero attached hydrogens (tertiary/aromatic N) is 2. The van der Waals surface area contributed by atoms with Crippen LogP contribution in [0.15, 0.2) is 47.7 Å². The summed E-state index contributed by atoms with van der Waals surface area (Å²) in [5, 5.41) is 13.4. The highest BCUT2D eigenvalue weighted by molar-refractivity contribution is 5.93. The van der Waals surface area contributed by atoms with Gasteiger partial charge in [0.15, 0.2) is 0 Å². The third-order valence-electron chi connectivity index (χ3n) is 2.45. The number of phenols is 1. The zero-order valence-corrected chi connectivity index (χ0v) is 10.4. The van der Waals surface area contributed by atoms with Crippen molar-refractivity contribution in [1.82, 2.24) is 10.4 Å². The summed E-state index contributed by atoms with van der Waals surface area (Å²) in [4.78, 5) is 15.5. The highest BCUT2D eigenvalue weighted by Crippen LogP contribution is 2.15. The average Bonchev–Trinajstić information content (AvgIpc) is 2.42. The second kappa shape index (κ2) is 5.77. The van der Waals surface area contributed by atoms with Crippen LogP contribution in [0, 0.1) is 6.92 Å². The predicted octanol–water partition coefficient (Wildman–Crippen LogP) is 1.86. The molecule has 0 unspecified atom stereocenters. The summed E-state index contributed by atoms with van der Waals surface area (Å²) in [7, 11) is 0. The number of nitrogens with one attached hydrogen (secondary N) is 1. The summed E-state index contributed by atoms with van der Waals surface area (Å²) in [6, 6.07) is 10.2. The number of aromatic hydroxyl groups is 1. The number of hydrogen-bond acceptors (Lipinski definition) is 4. The van der Waals surface area contributed by atoms with Crippen LogP contribution in [0.3, 0.4) is 0 Å². The van der Waals surface area contributed by atoms with Crippen molar-refractivity contribution in [2.45, 2.75) is 6.92 Å². The lowest BCUT2D eigenvalue weighted by atomic mass is 10.1. The van der Waals surface area contributed by atoms with Gasteiger partial charge in [-0.05, 0) is 36.8 Å². The summed E-state index contributed by atoms with van der Waals surface area (Å²) in [5.74, 6) is -0.278. The number of carbonyl (C=O) groups excluding carboxylic acids is 1. The standard InChI is InChI=1S/C14H13N3O2/c1-10-5-6-11(13(18)8-10)9-16-17-14(19)12-4-2-3-7-15-12/h2-9,18H,1H3,(H,17,19)/b16-9-. The number of phenolic OH excluding ortho intramolecular Hbond substituents is 1. The van der Waals surface area contributed by atoms with Gasteiger partial charge >= 0.3 is 0 Å². The van der Waals surface area contributed by atoms with Crippen LogP contribution in [-0.2, 0) is 0 Å². The van der Waals surface area contributed by atoms with Crippen LogP contribution in [0.25, 0.3) is 0 Å². The Kier molecular flexibility index (Phi) is 3.87. The van der Waals surface area contributed by atoms with Crippen LogP contribution in [-0.4, -0.2) is 22.2 Å². The molecule has 0 aliphatic carbocycles. The second-order valence-corrected chi connectivity index (χ2v) is 3.98. The van der Waals surface area contributed by atoms with Gasteiger partial charge in [-0.2, -0.15) is 5.10 Å². The molecular weight excluding hydrogens is 242 g/mol. The van der Waals surface area contributed by atoms with E-state index >= 15 is 0 Å². The van der Waals surface area contributed by atoms with Crippen molar-refractivity contribution in [2.24, 2.45) is 5.10 Å². The molecule has 0 atom stereocenters. The molecule has 0 fully saturated rings. The van der Waals surface area contributed by atoms with E-state index in [9.17, 15) is 9.90 Å². The molecule has 0 spiro atoms. The van der Waals surface area contributed by atoms with Gasteiger partial charge in [0.2, 0.25) is 0 Å². The predicted molar refractivity (Wildman–Crippen MR) is 72.1 cm³/mol. The van der Waals surface area contributed by atoms with E-state index in [-0.39, 0.29) is 11.4 Å². The maximum Gasteiger partial charge on any atom is 0.289 e. The number of hydrazone groups is 1. The first-order valence-corrected chi connectivity index (χ1v) is 5.71. The molecule has 1 aromatic carbocycles. The zero-order chi connectivity index (χ0) is 13.7. The summed E-state index contributed by atoms with van der Waals surface area (Å²) in [6.45, 7) is 1.88. The molecule has 5 nitrogen and oxygen atoms in total. The molecule has 96 valence electrons. The molecule has 1 amide bonds. The minimum Gasteiger partial charge on any atom is -0.507 e. The number of amides is 1. The molecule has 0 radical (unpaired) electrons. The van der Waals surface area contributed by atoms with Crippen molar-refractivity contribution < 1.29 is 9.90 Å². The molecule has 1 aromatic heterocycles. The number of hydrogen-bond donors (Lipinski definition) is 2. The zero-order valence-electron chi connectivity index (χ0n) is 10.4. The number of benzene rings is 1. The maximum atomic E-state index is 11.6. The van der Waals surface area contributed by atoms with E-state index in [0.717, 1.165) is 5.56 Å². The van der Waals surface area contributed by atoms with Crippen molar-refractivity contribution in [3.63, 3.8) is 0 Å². The van der Waals surface area contributed by atoms with E-state index in [1.807, 2.05) is 13.0 Å². The van der Waals surface area contributed by atoms with Gasteiger partial charge in [-0.3, -0.25) is 9.78 Å². The van der Waals surface area contributed by atoms with E-state index < -0.39 is 5.91 Å². The van der Waals surface area contributed by atoms with Gasteiger partial charge in [-0.15, -0.1) is 0 Å². The smallest absolute Gasteiger partial charge is 0.289 e. The first-order valence-electron chi connectivity index (χ1n) is 5.71. The molecule has 2 rings (SSSR count). The first kappa shape index (κ1) is 12.8. The van der Waals surface area contributed by atoms with Crippen LogP contribution in [0.1, 0.15) is 21.6 Å². The van der Waals surface area contributed by atoms with Crippen LogP contribution in [0.4, 0.5) is 0 Å². The Hall–Kier alpha value is -2.69. The second-order valence-electron chi connectivity index (χ2n) is 3.98. The fourth-order valence-electron chi connectivity index (χ4n) is 1.48. The van der Waals surface area contributed by atoms with Crippen molar-refractivity contribution in [3.8, 4) is 5.75 Å². The van der Waals surface area contributed by atoms with Gasteiger partial charge in [-0.1, -0.05) is 12.1 Å². The Balaban J connectivity index is 2.02. The Bertz CT molecular complexity index is 609. The molecule has 2 aromatic rings. The largest absolute Gasteiger partial charge is 0.507 e. The molecule has 5 heteroatoms. The SMILES string of the molecule is Cc1ccc(/C=N\NC(=O)c2ccccn2)c(O)c1. The summed E-state index contributed by atoms with van der Waals surface area (Å²) < 4.78 is 0. The maximum absolute atomic E-state index is 11.6. The van der Waals surface area contributed by atoms with Crippen molar-refractivity contribution in [2.75, 3.05) is 0 Å². The topological polar surface area (TPSA) is 74.6 Å². The molecule has 0 bridgehead atoms. The molecule has 19 heavy (non-hydrogen) atoms. The van der Waals surface area contributed by atoms with Crippen molar-refractivity contribution >= 4 is 12.1 Å². The molecule has 0 aliphatic rings. The highest BCUT2D eigenvalue weighted by atomic mass is 16.3. The molecule has 1 heterocycles. The van der Waals surface area contributed by atoms with Crippen LogP contribution in [0.5, 0.6) is 5.75 Å². The quantitative estimate of drug-likeness (QED) is 0.649. The third kappa shape index (κ3) is 3.38. The van der Waals surface area contributed by atoms with Gasteiger partial charge in [0.25, 0.3) is 5.91 Å². The summed E-state index contributed by atoms with van der Waals surface area (Å²) in [5.41, 5.74) is 4.12. The minimum atomic E-state index is -0.400. The van der Waals surface area contributed by atoms with E-state index in [0.29, 0.717) is 5.56 Å². The lowest BCUT2D eigenvalue weighted by Gasteiger charge is -2.00. The molecule has 2 N–H and O–H groups in total. The lowest BCUT2D eigenvalue weighted by Crippen LogP contribution is -2.18. The lowest BCUT2D eigenvalue weighted by molar-refractivity contribution is 0.0950. The van der Waals surface area contributed by atoms with Gasteiger partial charge in [0.1, 0.15) is 11.4 Å². The Morgan fingerprint density at radius 2 is 2.21 bits per heavy atom. The Morgan fingerprint density at radius 1 is 1.37 bits per heavy atom. The van der Waals surface area contributed by atoms with Gasteiger partial charge in [0, 0.05) is 11.8 Å². The summed E-state index contributed by atoms with van der Waals surface area (Å²) >= 11 is 0. The number of pyridine rings is 1. The van der Waals surface area contributed by atoms with Gasteiger partial charge in [0.05, 0.1) is 6.21 Å². The van der Waals surface area contributed by atoms with E-state index in [2.05, 4.69) is 15.5 Å². The number of aromatic nitrogens is 1. The number of aryl methyl sites for hydroxylation is 1. The monoisotopic (exact) mass is 255 g/mol. The Morgan fingerprint density at radius 3 is 2.89 bits per heavy atom. The van der Waals surface area contributed by atoms with Gasteiger partial charge in [-0.25, -0.2) is 5.43 Å². The fraction of sp³-hybridized carbons (Fsp3) is 0.0714. The number of rotatable bonds is 3. The summed E-state index contributed by atoms with van der Waals surface area (Å²) in [6.07, 6.45) is 2.92. The first-order chi connectivity index (χ1) is 9.16. The Labute approximate surface area is 110 Å². The fourth-order valence-corrected chi connectivity index (χ4v) is 1.48. The van der Waals surface area contributed by atoms with Crippen LogP contribution >= 0.6 is 0 Å². The molecule has 0 saturated heterocycles. The van der Waals surface area contributed by atoms with E-state index in [4.69, 9.17) is 0 Å². The highest BCUT2D eigenvalue weighted by Gasteiger charge is 2.04. The molecule has 0 aliphatic heterocycles.